The molecule has 5 nitrogen and oxygen atoms in total. The SMILES string of the molecule is C[C@H]1CCCCN1S(=O)(=O)NC[C@@H]1Cc2ccccc2O1. The Labute approximate surface area is 126 Å². The number of rotatable bonds is 4. The zero-order valence-electron chi connectivity index (χ0n) is 12.3. The summed E-state index contributed by atoms with van der Waals surface area (Å²) in [5.74, 6) is 0.869. The van der Waals surface area contributed by atoms with Crippen LogP contribution in [0.2, 0.25) is 0 Å². The fourth-order valence-electron chi connectivity index (χ4n) is 3.08. The molecule has 21 heavy (non-hydrogen) atoms. The molecule has 1 N–H and O–H groups in total. The maximum atomic E-state index is 12.4. The highest BCUT2D eigenvalue weighted by Gasteiger charge is 2.31. The fourth-order valence-corrected chi connectivity index (χ4v) is 4.59. The molecule has 1 aromatic carbocycles. The van der Waals surface area contributed by atoms with E-state index in [9.17, 15) is 8.42 Å². The Hall–Kier alpha value is -1.11. The van der Waals surface area contributed by atoms with Gasteiger partial charge in [0.1, 0.15) is 11.9 Å². The monoisotopic (exact) mass is 310 g/mol. The van der Waals surface area contributed by atoms with Gasteiger partial charge < -0.3 is 4.74 Å². The minimum Gasteiger partial charge on any atom is -0.488 e. The third-order valence-corrected chi connectivity index (χ3v) is 5.95. The number of nitrogens with zero attached hydrogens (tertiary/aromatic N) is 1. The smallest absolute Gasteiger partial charge is 0.279 e. The molecule has 0 saturated carbocycles. The van der Waals surface area contributed by atoms with Gasteiger partial charge in [0.15, 0.2) is 0 Å². The molecule has 0 aliphatic carbocycles. The first-order chi connectivity index (χ1) is 10.1. The molecule has 2 aliphatic heterocycles. The molecule has 0 unspecified atom stereocenters. The molecular weight excluding hydrogens is 288 g/mol. The average Bonchev–Trinajstić information content (AvgIpc) is 2.88. The quantitative estimate of drug-likeness (QED) is 0.921. The predicted molar refractivity (Wildman–Crippen MR) is 81.5 cm³/mol. The van der Waals surface area contributed by atoms with Gasteiger partial charge >= 0.3 is 0 Å². The number of benzene rings is 1. The number of ether oxygens (including phenoxy) is 1. The van der Waals surface area contributed by atoms with Gasteiger partial charge in [0.2, 0.25) is 0 Å². The van der Waals surface area contributed by atoms with Crippen molar-refractivity contribution in [1.29, 1.82) is 0 Å². The largest absolute Gasteiger partial charge is 0.488 e. The van der Waals surface area contributed by atoms with Crippen LogP contribution < -0.4 is 9.46 Å². The Morgan fingerprint density at radius 2 is 2.14 bits per heavy atom. The number of hydrogen-bond donors (Lipinski definition) is 1. The lowest BCUT2D eigenvalue weighted by molar-refractivity contribution is 0.229. The molecule has 0 bridgehead atoms. The number of hydrogen-bond acceptors (Lipinski definition) is 3. The molecule has 2 heterocycles. The molecule has 116 valence electrons. The van der Waals surface area contributed by atoms with E-state index in [0.29, 0.717) is 13.1 Å². The van der Waals surface area contributed by atoms with Gasteiger partial charge in [-0.15, -0.1) is 0 Å². The van der Waals surface area contributed by atoms with E-state index in [4.69, 9.17) is 4.74 Å². The maximum absolute atomic E-state index is 12.4. The zero-order chi connectivity index (χ0) is 14.9. The summed E-state index contributed by atoms with van der Waals surface area (Å²) in [6.45, 7) is 2.91. The van der Waals surface area contributed by atoms with Gasteiger partial charge in [-0.05, 0) is 31.4 Å². The van der Waals surface area contributed by atoms with Crippen LogP contribution in [-0.4, -0.2) is 38.0 Å². The summed E-state index contributed by atoms with van der Waals surface area (Å²) in [4.78, 5) is 0. The maximum Gasteiger partial charge on any atom is 0.279 e. The lowest BCUT2D eigenvalue weighted by Gasteiger charge is -2.32. The fraction of sp³-hybridized carbons (Fsp3) is 0.600. The van der Waals surface area contributed by atoms with Crippen molar-refractivity contribution in [3.05, 3.63) is 29.8 Å². The summed E-state index contributed by atoms with van der Waals surface area (Å²) in [5, 5.41) is 0. The second-order valence-corrected chi connectivity index (χ2v) is 7.57. The van der Waals surface area contributed by atoms with Crippen LogP contribution >= 0.6 is 0 Å². The summed E-state index contributed by atoms with van der Waals surface area (Å²) < 4.78 is 34.8. The molecule has 1 aromatic rings. The molecule has 2 aliphatic rings. The topological polar surface area (TPSA) is 58.6 Å². The molecular formula is C15H22N2O3S. The van der Waals surface area contributed by atoms with Crippen molar-refractivity contribution in [2.45, 2.75) is 44.8 Å². The molecule has 0 amide bonds. The highest BCUT2D eigenvalue weighted by Crippen LogP contribution is 2.28. The first kappa shape index (κ1) is 14.8. The lowest BCUT2D eigenvalue weighted by atomic mass is 10.1. The Morgan fingerprint density at radius 3 is 2.90 bits per heavy atom. The van der Waals surface area contributed by atoms with Crippen molar-refractivity contribution >= 4 is 10.2 Å². The van der Waals surface area contributed by atoms with Crippen molar-refractivity contribution in [2.75, 3.05) is 13.1 Å². The van der Waals surface area contributed by atoms with E-state index in [1.165, 1.54) is 0 Å². The Bertz CT molecular complexity index is 578. The van der Waals surface area contributed by atoms with Gasteiger partial charge in [-0.3, -0.25) is 0 Å². The Kier molecular flexibility index (Phi) is 4.19. The molecule has 1 fully saturated rings. The van der Waals surface area contributed by atoms with E-state index in [1.807, 2.05) is 31.2 Å². The third kappa shape index (κ3) is 3.22. The molecule has 3 rings (SSSR count). The summed E-state index contributed by atoms with van der Waals surface area (Å²) in [6, 6.07) is 7.94. The third-order valence-electron chi connectivity index (χ3n) is 4.26. The summed E-state index contributed by atoms with van der Waals surface area (Å²) in [5.41, 5.74) is 1.15. The number of piperidine rings is 1. The second kappa shape index (κ2) is 5.94. The summed E-state index contributed by atoms with van der Waals surface area (Å²) in [7, 11) is -3.40. The van der Waals surface area contributed by atoms with Gasteiger partial charge in [0.05, 0.1) is 0 Å². The zero-order valence-corrected chi connectivity index (χ0v) is 13.1. The van der Waals surface area contributed by atoms with Crippen LogP contribution in [0.4, 0.5) is 0 Å². The Balaban J connectivity index is 1.58. The van der Waals surface area contributed by atoms with E-state index < -0.39 is 10.2 Å². The van der Waals surface area contributed by atoms with Crippen LogP contribution in [0.3, 0.4) is 0 Å². The molecule has 0 radical (unpaired) electrons. The van der Waals surface area contributed by atoms with Crippen LogP contribution in [0.25, 0.3) is 0 Å². The number of fused-ring (bicyclic) bond motifs is 1. The van der Waals surface area contributed by atoms with Crippen molar-refractivity contribution < 1.29 is 13.2 Å². The standard InChI is InChI=1S/C15H22N2O3S/c1-12-6-4-5-9-17(12)21(18,19)16-11-14-10-13-7-2-3-8-15(13)20-14/h2-3,7-8,12,14,16H,4-6,9-11H2,1H3/t12-,14-/m0/s1. The van der Waals surface area contributed by atoms with E-state index in [2.05, 4.69) is 4.72 Å². The van der Waals surface area contributed by atoms with Gasteiger partial charge in [-0.2, -0.15) is 17.4 Å². The van der Waals surface area contributed by atoms with Gasteiger partial charge in [-0.1, -0.05) is 24.6 Å². The summed E-state index contributed by atoms with van der Waals surface area (Å²) in [6.07, 6.45) is 3.63. The second-order valence-electron chi connectivity index (χ2n) is 5.86. The van der Waals surface area contributed by atoms with Crippen molar-refractivity contribution in [2.24, 2.45) is 0 Å². The average molecular weight is 310 g/mol. The first-order valence-corrected chi connectivity index (χ1v) is 9.01. The molecule has 2 atom stereocenters. The number of nitrogens with one attached hydrogen (secondary N) is 1. The van der Waals surface area contributed by atoms with Crippen LogP contribution in [-0.2, 0) is 16.6 Å². The van der Waals surface area contributed by atoms with E-state index in [-0.39, 0.29) is 12.1 Å². The Morgan fingerprint density at radius 1 is 1.33 bits per heavy atom. The predicted octanol–water partition coefficient (Wildman–Crippen LogP) is 1.70. The molecule has 0 spiro atoms. The van der Waals surface area contributed by atoms with Crippen LogP contribution in [0.1, 0.15) is 31.7 Å². The van der Waals surface area contributed by atoms with Crippen LogP contribution in [0, 0.1) is 0 Å². The van der Waals surface area contributed by atoms with Crippen molar-refractivity contribution in [3.8, 4) is 5.75 Å². The minimum absolute atomic E-state index is 0.0814. The number of para-hydroxylation sites is 1. The van der Waals surface area contributed by atoms with E-state index in [1.54, 1.807) is 4.31 Å². The summed E-state index contributed by atoms with van der Waals surface area (Å²) >= 11 is 0. The highest BCUT2D eigenvalue weighted by molar-refractivity contribution is 7.87. The molecule has 1 saturated heterocycles. The van der Waals surface area contributed by atoms with Gasteiger partial charge in [0, 0.05) is 25.6 Å². The van der Waals surface area contributed by atoms with Crippen LogP contribution in [0.15, 0.2) is 24.3 Å². The van der Waals surface area contributed by atoms with Gasteiger partial charge in [-0.25, -0.2) is 0 Å². The normalized spacial score (nSPS) is 26.3. The van der Waals surface area contributed by atoms with Crippen molar-refractivity contribution in [1.82, 2.24) is 9.03 Å². The molecule has 6 heteroatoms. The van der Waals surface area contributed by atoms with Crippen LogP contribution in [0.5, 0.6) is 5.75 Å². The lowest BCUT2D eigenvalue weighted by Crippen LogP contribution is -2.49. The van der Waals surface area contributed by atoms with E-state index in [0.717, 1.165) is 37.0 Å². The van der Waals surface area contributed by atoms with Crippen molar-refractivity contribution in [3.63, 3.8) is 0 Å². The van der Waals surface area contributed by atoms with E-state index >= 15 is 0 Å². The van der Waals surface area contributed by atoms with Gasteiger partial charge in [0.25, 0.3) is 10.2 Å². The highest BCUT2D eigenvalue weighted by atomic mass is 32.2. The minimum atomic E-state index is -3.40. The molecule has 0 aromatic heterocycles. The first-order valence-electron chi connectivity index (χ1n) is 7.57.